The number of anilines is 1. The quantitative estimate of drug-likeness (QED) is 0.888. The number of halogens is 4. The molecule has 0 spiro atoms. The van der Waals surface area contributed by atoms with Crippen molar-refractivity contribution >= 4 is 21.6 Å². The summed E-state index contributed by atoms with van der Waals surface area (Å²) < 4.78 is 39.0. The summed E-state index contributed by atoms with van der Waals surface area (Å²) in [6.07, 6.45) is -2.20. The SMILES string of the molecule is NC(CNc1cc(Br)ccc1C(F)(F)F)C1CC1. The van der Waals surface area contributed by atoms with Crippen molar-refractivity contribution in [2.45, 2.75) is 25.1 Å². The molecule has 6 heteroatoms. The minimum Gasteiger partial charge on any atom is -0.383 e. The van der Waals surface area contributed by atoms with Gasteiger partial charge < -0.3 is 11.1 Å². The Balaban J connectivity index is 2.11. The molecular weight excluding hydrogens is 309 g/mol. The highest BCUT2D eigenvalue weighted by molar-refractivity contribution is 9.10. The van der Waals surface area contributed by atoms with E-state index in [-0.39, 0.29) is 11.7 Å². The van der Waals surface area contributed by atoms with Crippen LogP contribution in [-0.2, 0) is 6.18 Å². The highest BCUT2D eigenvalue weighted by atomic mass is 79.9. The lowest BCUT2D eigenvalue weighted by Crippen LogP contribution is -2.31. The topological polar surface area (TPSA) is 38.0 Å². The number of hydrogen-bond acceptors (Lipinski definition) is 2. The summed E-state index contributed by atoms with van der Waals surface area (Å²) in [7, 11) is 0. The molecule has 1 aliphatic carbocycles. The second-order valence-corrected chi connectivity index (χ2v) is 5.49. The van der Waals surface area contributed by atoms with Gasteiger partial charge in [-0.25, -0.2) is 0 Å². The normalized spacial score (nSPS) is 17.6. The van der Waals surface area contributed by atoms with Gasteiger partial charge in [-0.2, -0.15) is 13.2 Å². The van der Waals surface area contributed by atoms with Gasteiger partial charge in [0.05, 0.1) is 5.56 Å². The predicted molar refractivity (Wildman–Crippen MR) is 68.3 cm³/mol. The zero-order valence-electron chi connectivity index (χ0n) is 9.60. The van der Waals surface area contributed by atoms with Gasteiger partial charge in [-0.15, -0.1) is 0 Å². The van der Waals surface area contributed by atoms with Gasteiger partial charge in [0.15, 0.2) is 0 Å². The molecule has 18 heavy (non-hydrogen) atoms. The number of alkyl halides is 3. The first-order chi connectivity index (χ1) is 8.38. The Morgan fingerprint density at radius 2 is 2.06 bits per heavy atom. The van der Waals surface area contributed by atoms with E-state index in [1.807, 2.05) is 0 Å². The van der Waals surface area contributed by atoms with Gasteiger partial charge in [0.1, 0.15) is 0 Å². The number of hydrogen-bond donors (Lipinski definition) is 2. The van der Waals surface area contributed by atoms with Crippen LogP contribution < -0.4 is 11.1 Å². The molecular formula is C12H14BrF3N2. The lowest BCUT2D eigenvalue weighted by molar-refractivity contribution is -0.137. The summed E-state index contributed by atoms with van der Waals surface area (Å²) in [6, 6.07) is 3.80. The van der Waals surface area contributed by atoms with Gasteiger partial charge in [0.2, 0.25) is 0 Å². The molecule has 1 fully saturated rings. The first-order valence-electron chi connectivity index (χ1n) is 5.74. The third-order valence-corrected chi connectivity index (χ3v) is 3.54. The Bertz CT molecular complexity index is 430. The van der Waals surface area contributed by atoms with E-state index in [2.05, 4.69) is 21.2 Å². The molecule has 1 atom stereocenters. The summed E-state index contributed by atoms with van der Waals surface area (Å²) >= 11 is 3.17. The maximum absolute atomic E-state index is 12.8. The Morgan fingerprint density at radius 3 is 2.61 bits per heavy atom. The molecule has 3 N–H and O–H groups in total. The van der Waals surface area contributed by atoms with Gasteiger partial charge in [-0.3, -0.25) is 0 Å². The van der Waals surface area contributed by atoms with Gasteiger partial charge in [-0.05, 0) is 37.0 Å². The van der Waals surface area contributed by atoms with E-state index >= 15 is 0 Å². The van der Waals surface area contributed by atoms with Crippen LogP contribution in [0.4, 0.5) is 18.9 Å². The van der Waals surface area contributed by atoms with Gasteiger partial charge in [-0.1, -0.05) is 15.9 Å². The van der Waals surface area contributed by atoms with Crippen molar-refractivity contribution < 1.29 is 13.2 Å². The fourth-order valence-electron chi connectivity index (χ4n) is 1.83. The average molecular weight is 323 g/mol. The van der Waals surface area contributed by atoms with Crippen molar-refractivity contribution in [2.24, 2.45) is 11.7 Å². The molecule has 2 nitrogen and oxygen atoms in total. The molecule has 1 aliphatic rings. The predicted octanol–water partition coefficient (Wildman–Crippen LogP) is 3.62. The smallest absolute Gasteiger partial charge is 0.383 e. The van der Waals surface area contributed by atoms with E-state index in [9.17, 15) is 13.2 Å². The second kappa shape index (κ2) is 5.09. The van der Waals surface area contributed by atoms with Crippen LogP contribution >= 0.6 is 15.9 Å². The lowest BCUT2D eigenvalue weighted by atomic mass is 10.1. The summed E-state index contributed by atoms with van der Waals surface area (Å²) in [5.74, 6) is 0.457. The van der Waals surface area contributed by atoms with Crippen LogP contribution in [0.1, 0.15) is 18.4 Å². The Kier molecular flexibility index (Phi) is 3.87. The van der Waals surface area contributed by atoms with E-state index in [1.165, 1.54) is 12.1 Å². The first kappa shape index (κ1) is 13.7. The third kappa shape index (κ3) is 3.38. The molecule has 2 rings (SSSR count). The molecule has 100 valence electrons. The molecule has 0 aliphatic heterocycles. The monoisotopic (exact) mass is 322 g/mol. The number of rotatable bonds is 4. The molecule has 0 bridgehead atoms. The Hall–Kier alpha value is -0.750. The third-order valence-electron chi connectivity index (χ3n) is 3.04. The van der Waals surface area contributed by atoms with E-state index in [0.717, 1.165) is 18.9 Å². The van der Waals surface area contributed by atoms with E-state index in [4.69, 9.17) is 5.73 Å². The average Bonchev–Trinajstić information content (AvgIpc) is 3.07. The summed E-state index contributed by atoms with van der Waals surface area (Å²) in [5.41, 5.74) is 5.29. The van der Waals surface area contributed by atoms with Crippen LogP contribution in [0.2, 0.25) is 0 Å². The van der Waals surface area contributed by atoms with Crippen LogP contribution in [0.15, 0.2) is 22.7 Å². The van der Waals surface area contributed by atoms with Crippen LogP contribution in [-0.4, -0.2) is 12.6 Å². The Morgan fingerprint density at radius 1 is 1.39 bits per heavy atom. The van der Waals surface area contributed by atoms with Crippen LogP contribution in [0.5, 0.6) is 0 Å². The number of nitrogens with two attached hydrogens (primary N) is 1. The van der Waals surface area contributed by atoms with E-state index in [1.54, 1.807) is 0 Å². The van der Waals surface area contributed by atoms with Gasteiger partial charge in [0, 0.05) is 22.7 Å². The first-order valence-corrected chi connectivity index (χ1v) is 6.53. The summed E-state index contributed by atoms with van der Waals surface area (Å²) in [6.45, 7) is 0.365. The molecule has 0 aromatic heterocycles. The molecule has 1 unspecified atom stereocenters. The second-order valence-electron chi connectivity index (χ2n) is 4.57. The minimum atomic E-state index is -4.35. The van der Waals surface area contributed by atoms with Gasteiger partial charge in [0.25, 0.3) is 0 Å². The van der Waals surface area contributed by atoms with Crippen molar-refractivity contribution in [1.29, 1.82) is 0 Å². The van der Waals surface area contributed by atoms with Crippen molar-refractivity contribution in [3.8, 4) is 0 Å². The van der Waals surface area contributed by atoms with Gasteiger partial charge >= 0.3 is 6.18 Å². The van der Waals surface area contributed by atoms with Crippen molar-refractivity contribution in [3.63, 3.8) is 0 Å². The maximum atomic E-state index is 12.8. The van der Waals surface area contributed by atoms with Crippen molar-refractivity contribution in [3.05, 3.63) is 28.2 Å². The minimum absolute atomic E-state index is 0.0768. The fourth-order valence-corrected chi connectivity index (χ4v) is 2.19. The number of benzene rings is 1. The largest absolute Gasteiger partial charge is 0.418 e. The Labute approximate surface area is 112 Å². The van der Waals surface area contributed by atoms with Crippen LogP contribution in [0.25, 0.3) is 0 Å². The highest BCUT2D eigenvalue weighted by Gasteiger charge is 2.34. The van der Waals surface area contributed by atoms with E-state index in [0.29, 0.717) is 16.9 Å². The van der Waals surface area contributed by atoms with Crippen LogP contribution in [0.3, 0.4) is 0 Å². The highest BCUT2D eigenvalue weighted by Crippen LogP contribution is 2.37. The van der Waals surface area contributed by atoms with Crippen molar-refractivity contribution in [1.82, 2.24) is 0 Å². The zero-order chi connectivity index (χ0) is 13.3. The van der Waals surface area contributed by atoms with Crippen LogP contribution in [0, 0.1) is 5.92 Å². The van der Waals surface area contributed by atoms with E-state index < -0.39 is 11.7 Å². The molecule has 0 saturated heterocycles. The molecule has 1 saturated carbocycles. The van der Waals surface area contributed by atoms with Crippen molar-refractivity contribution in [2.75, 3.05) is 11.9 Å². The summed E-state index contributed by atoms with van der Waals surface area (Å²) in [4.78, 5) is 0. The molecule has 0 heterocycles. The molecule has 0 radical (unpaired) electrons. The zero-order valence-corrected chi connectivity index (χ0v) is 11.2. The molecule has 0 amide bonds. The standard InChI is InChI=1S/C12H14BrF3N2/c13-8-3-4-9(12(14,15)16)11(5-8)18-6-10(17)7-1-2-7/h3-5,7,10,18H,1-2,6,17H2. The lowest BCUT2D eigenvalue weighted by Gasteiger charge is -2.17. The summed E-state index contributed by atoms with van der Waals surface area (Å²) in [5, 5.41) is 2.81. The number of nitrogens with one attached hydrogen (secondary N) is 1. The molecule has 1 aromatic rings. The maximum Gasteiger partial charge on any atom is 0.418 e. The fraction of sp³-hybridized carbons (Fsp3) is 0.500. The molecule has 1 aromatic carbocycles.